The second-order valence-electron chi connectivity index (χ2n) is 6.72. The van der Waals surface area contributed by atoms with Crippen molar-refractivity contribution in [2.75, 3.05) is 37.7 Å². The van der Waals surface area contributed by atoms with Crippen molar-refractivity contribution in [1.82, 2.24) is 34.4 Å². The van der Waals surface area contributed by atoms with Crippen molar-refractivity contribution in [1.29, 1.82) is 0 Å². The van der Waals surface area contributed by atoms with Crippen molar-refractivity contribution < 1.29 is 9.53 Å². The number of imidazole rings is 1. The Balaban J connectivity index is 1.33. The van der Waals surface area contributed by atoms with Crippen LogP contribution in [0.4, 0.5) is 5.82 Å². The summed E-state index contributed by atoms with van der Waals surface area (Å²) in [5, 5.41) is 0. The van der Waals surface area contributed by atoms with Crippen molar-refractivity contribution in [2.24, 2.45) is 0 Å². The Bertz CT molecular complexity index is 997. The maximum absolute atomic E-state index is 12.4. The summed E-state index contributed by atoms with van der Waals surface area (Å²) in [6, 6.07) is 3.94. The third kappa shape index (κ3) is 4.31. The highest BCUT2D eigenvalue weighted by Crippen LogP contribution is 2.17. The lowest BCUT2D eigenvalue weighted by Gasteiger charge is -2.35. The van der Waals surface area contributed by atoms with Gasteiger partial charge in [0.1, 0.15) is 23.8 Å². The molecule has 0 atom stereocenters. The third-order valence-corrected chi connectivity index (χ3v) is 4.76. The van der Waals surface area contributed by atoms with Crippen molar-refractivity contribution in [3.63, 3.8) is 0 Å². The average Bonchev–Trinajstić information content (AvgIpc) is 3.18. The van der Waals surface area contributed by atoms with Gasteiger partial charge in [-0.05, 0) is 19.9 Å². The molecule has 0 bridgehead atoms. The molecule has 1 aliphatic heterocycles. The summed E-state index contributed by atoms with van der Waals surface area (Å²) in [6.45, 7) is 6.28. The smallest absolute Gasteiger partial charge is 0.317 e. The molecule has 4 heterocycles. The molecule has 0 aliphatic carbocycles. The number of ether oxygens (including phenoxy) is 1. The minimum atomic E-state index is -0.0767. The van der Waals surface area contributed by atoms with Gasteiger partial charge in [0.05, 0.1) is 0 Å². The Hall–Kier alpha value is -3.56. The zero-order valence-corrected chi connectivity index (χ0v) is 16.4. The Morgan fingerprint density at radius 2 is 1.83 bits per heavy atom. The highest BCUT2D eigenvalue weighted by Gasteiger charge is 2.23. The Morgan fingerprint density at radius 3 is 2.55 bits per heavy atom. The van der Waals surface area contributed by atoms with Crippen LogP contribution in [0.25, 0.3) is 5.82 Å². The predicted molar refractivity (Wildman–Crippen MR) is 105 cm³/mol. The summed E-state index contributed by atoms with van der Waals surface area (Å²) in [6.07, 6.45) is 6.78. The Kier molecular flexibility index (Phi) is 5.32. The first-order valence-electron chi connectivity index (χ1n) is 9.38. The van der Waals surface area contributed by atoms with Crippen LogP contribution in [-0.2, 0) is 4.79 Å². The number of anilines is 1. The fourth-order valence-corrected chi connectivity index (χ4v) is 3.16. The number of hydrogen-bond acceptors (Lipinski definition) is 8. The highest BCUT2D eigenvalue weighted by atomic mass is 16.5. The molecular weight excluding hydrogens is 372 g/mol. The van der Waals surface area contributed by atoms with Crippen LogP contribution >= 0.6 is 0 Å². The lowest BCUT2D eigenvalue weighted by molar-refractivity contribution is -0.133. The number of aryl methyl sites for hydroxylation is 2. The normalized spacial score (nSPS) is 14.1. The largest absolute Gasteiger partial charge is 0.453 e. The Labute approximate surface area is 168 Å². The molecule has 29 heavy (non-hydrogen) atoms. The van der Waals surface area contributed by atoms with Gasteiger partial charge in [-0.1, -0.05) is 0 Å². The number of aromatic nitrogens is 6. The fraction of sp³-hybridized carbons (Fsp3) is 0.368. The maximum atomic E-state index is 12.4. The minimum absolute atomic E-state index is 0.0684. The Morgan fingerprint density at radius 1 is 1.03 bits per heavy atom. The lowest BCUT2D eigenvalue weighted by Crippen LogP contribution is -2.50. The van der Waals surface area contributed by atoms with E-state index in [0.717, 1.165) is 23.2 Å². The molecule has 1 amide bonds. The summed E-state index contributed by atoms with van der Waals surface area (Å²) in [5.74, 6) is 2.39. The molecule has 0 radical (unpaired) electrons. The summed E-state index contributed by atoms with van der Waals surface area (Å²) in [5.41, 5.74) is 0.797. The standard InChI is InChI=1S/C19H22N8O2/c1-14-3-4-21-19(24-14)29-12-18(28)26-9-7-25(8-10-26)16-11-17(23-13-22-16)27-6-5-20-15(27)2/h3-6,11,13H,7-10,12H2,1-2H3. The second-order valence-corrected chi connectivity index (χ2v) is 6.72. The molecule has 0 aromatic carbocycles. The monoisotopic (exact) mass is 394 g/mol. The van der Waals surface area contributed by atoms with E-state index in [1.165, 1.54) is 0 Å². The summed E-state index contributed by atoms with van der Waals surface area (Å²) in [7, 11) is 0. The van der Waals surface area contributed by atoms with Gasteiger partial charge in [0, 0.05) is 56.5 Å². The number of nitrogens with zero attached hydrogens (tertiary/aromatic N) is 8. The van der Waals surface area contributed by atoms with Crippen LogP contribution in [0.1, 0.15) is 11.5 Å². The predicted octanol–water partition coefficient (Wildman–Crippen LogP) is 0.797. The third-order valence-electron chi connectivity index (χ3n) is 4.76. The summed E-state index contributed by atoms with van der Waals surface area (Å²) in [4.78, 5) is 37.5. The van der Waals surface area contributed by atoms with Crippen LogP contribution in [0.3, 0.4) is 0 Å². The average molecular weight is 394 g/mol. The van der Waals surface area contributed by atoms with E-state index >= 15 is 0 Å². The molecule has 0 spiro atoms. The lowest BCUT2D eigenvalue weighted by atomic mass is 10.3. The zero-order chi connectivity index (χ0) is 20.2. The van der Waals surface area contributed by atoms with Gasteiger partial charge in [-0.25, -0.2) is 24.9 Å². The van der Waals surface area contributed by atoms with Crippen LogP contribution in [0, 0.1) is 13.8 Å². The van der Waals surface area contributed by atoms with Gasteiger partial charge in [0.15, 0.2) is 6.61 Å². The molecule has 0 N–H and O–H groups in total. The van der Waals surface area contributed by atoms with E-state index in [9.17, 15) is 4.79 Å². The SMILES string of the molecule is Cc1ccnc(OCC(=O)N2CCN(c3cc(-n4ccnc4C)ncn3)CC2)n1. The molecule has 0 unspecified atom stereocenters. The maximum Gasteiger partial charge on any atom is 0.317 e. The number of carbonyl (C=O) groups excluding carboxylic acids is 1. The van der Waals surface area contributed by atoms with E-state index in [0.29, 0.717) is 26.2 Å². The number of rotatable bonds is 5. The molecule has 10 nitrogen and oxygen atoms in total. The van der Waals surface area contributed by atoms with Crippen LogP contribution in [0.2, 0.25) is 0 Å². The van der Waals surface area contributed by atoms with Gasteiger partial charge in [-0.15, -0.1) is 0 Å². The van der Waals surface area contributed by atoms with Crippen LogP contribution < -0.4 is 9.64 Å². The molecule has 1 aliphatic rings. The highest BCUT2D eigenvalue weighted by molar-refractivity contribution is 5.78. The van der Waals surface area contributed by atoms with E-state index in [4.69, 9.17) is 4.74 Å². The van der Waals surface area contributed by atoms with Crippen molar-refractivity contribution in [2.45, 2.75) is 13.8 Å². The van der Waals surface area contributed by atoms with Crippen LogP contribution in [0.15, 0.2) is 37.1 Å². The van der Waals surface area contributed by atoms with Crippen molar-refractivity contribution in [3.8, 4) is 11.8 Å². The van der Waals surface area contributed by atoms with E-state index < -0.39 is 0 Å². The molecule has 4 rings (SSSR count). The first kappa shape index (κ1) is 18.8. The minimum Gasteiger partial charge on any atom is -0.453 e. The van der Waals surface area contributed by atoms with E-state index in [2.05, 4.69) is 29.8 Å². The van der Waals surface area contributed by atoms with Gasteiger partial charge < -0.3 is 14.5 Å². The van der Waals surface area contributed by atoms with Gasteiger partial charge in [0.2, 0.25) is 0 Å². The molecule has 10 heteroatoms. The number of carbonyl (C=O) groups is 1. The molecule has 0 saturated carbocycles. The second kappa shape index (κ2) is 8.21. The molecule has 3 aromatic rings. The molecule has 150 valence electrons. The van der Waals surface area contributed by atoms with E-state index in [1.807, 2.05) is 30.7 Å². The summed E-state index contributed by atoms with van der Waals surface area (Å²) >= 11 is 0. The fourth-order valence-electron chi connectivity index (χ4n) is 3.16. The topological polar surface area (TPSA) is 102 Å². The van der Waals surface area contributed by atoms with Gasteiger partial charge in [0.25, 0.3) is 5.91 Å². The van der Waals surface area contributed by atoms with Crippen LogP contribution in [0.5, 0.6) is 6.01 Å². The van der Waals surface area contributed by atoms with Crippen molar-refractivity contribution >= 4 is 11.7 Å². The molecule has 3 aromatic heterocycles. The number of piperazine rings is 1. The number of hydrogen-bond donors (Lipinski definition) is 0. The van der Waals surface area contributed by atoms with Gasteiger partial charge >= 0.3 is 6.01 Å². The van der Waals surface area contributed by atoms with Crippen LogP contribution in [-0.4, -0.2) is 73.1 Å². The van der Waals surface area contributed by atoms with E-state index in [1.54, 1.807) is 29.7 Å². The van der Waals surface area contributed by atoms with Crippen molar-refractivity contribution in [3.05, 3.63) is 48.6 Å². The first-order valence-corrected chi connectivity index (χ1v) is 9.38. The van der Waals surface area contributed by atoms with Gasteiger partial charge in [-0.3, -0.25) is 9.36 Å². The van der Waals surface area contributed by atoms with E-state index in [-0.39, 0.29) is 18.5 Å². The zero-order valence-electron chi connectivity index (χ0n) is 16.4. The first-order chi connectivity index (χ1) is 14.1. The molecule has 1 fully saturated rings. The quantitative estimate of drug-likeness (QED) is 0.626. The van der Waals surface area contributed by atoms with Gasteiger partial charge in [-0.2, -0.15) is 0 Å². The summed E-state index contributed by atoms with van der Waals surface area (Å²) < 4.78 is 7.34. The molecular formula is C19H22N8O2. The number of amides is 1. The molecule has 1 saturated heterocycles.